The lowest BCUT2D eigenvalue weighted by atomic mass is 9.87. The number of aromatic nitrogens is 3. The van der Waals surface area contributed by atoms with E-state index in [4.69, 9.17) is 0 Å². The highest BCUT2D eigenvalue weighted by atomic mass is 19.3. The smallest absolute Gasteiger partial charge is 0.258 e. The Morgan fingerprint density at radius 3 is 2.94 bits per heavy atom. The van der Waals surface area contributed by atoms with Crippen LogP contribution in [0, 0.1) is 11.3 Å². The van der Waals surface area contributed by atoms with Gasteiger partial charge in [-0.3, -0.25) is 9.89 Å². The van der Waals surface area contributed by atoms with Crippen LogP contribution in [0.15, 0.2) is 24.3 Å². The molecule has 3 aromatic rings. The summed E-state index contributed by atoms with van der Waals surface area (Å²) in [5.41, 5.74) is 3.75. The van der Waals surface area contributed by atoms with Crippen molar-refractivity contribution >= 4 is 16.8 Å². The first-order valence-corrected chi connectivity index (χ1v) is 10.9. The Morgan fingerprint density at radius 2 is 2.13 bits per heavy atom. The Hall–Kier alpha value is -2.74. The van der Waals surface area contributed by atoms with Crippen LogP contribution in [-0.2, 0) is 12.8 Å². The molecule has 6 nitrogen and oxygen atoms in total. The third kappa shape index (κ3) is 2.63. The average Bonchev–Trinajstić information content (AvgIpc) is 3.14. The fraction of sp³-hybridized carbons (Fsp3) is 0.478. The monoisotopic (exact) mass is 425 g/mol. The molecule has 0 spiro atoms. The molecular formula is C23H25F2N5O. The number of benzene rings is 1. The van der Waals surface area contributed by atoms with Crippen molar-refractivity contribution in [3.63, 3.8) is 0 Å². The minimum atomic E-state index is -2.61. The molecule has 1 aliphatic heterocycles. The highest BCUT2D eigenvalue weighted by molar-refractivity contribution is 5.99. The van der Waals surface area contributed by atoms with Gasteiger partial charge in [0.25, 0.3) is 11.8 Å². The number of rotatable bonds is 2. The quantitative estimate of drug-likeness (QED) is 0.589. The molecule has 1 aromatic carbocycles. The molecule has 1 saturated carbocycles. The molecule has 0 bridgehead atoms. The van der Waals surface area contributed by atoms with Gasteiger partial charge < -0.3 is 15.2 Å². The maximum absolute atomic E-state index is 14.2. The van der Waals surface area contributed by atoms with Gasteiger partial charge in [-0.05, 0) is 31.5 Å². The molecule has 162 valence electrons. The summed E-state index contributed by atoms with van der Waals surface area (Å²) in [5, 5.41) is 11.8. The number of halogens is 2. The minimum absolute atomic E-state index is 0.0267. The third-order valence-corrected chi connectivity index (χ3v) is 7.57. The van der Waals surface area contributed by atoms with Crippen LogP contribution in [-0.4, -0.2) is 57.6 Å². The molecule has 0 unspecified atom stereocenters. The lowest BCUT2D eigenvalue weighted by molar-refractivity contribution is 0.0631. The second kappa shape index (κ2) is 6.16. The third-order valence-electron chi connectivity index (χ3n) is 7.57. The summed E-state index contributed by atoms with van der Waals surface area (Å²) in [6.07, 6.45) is 0.667. The summed E-state index contributed by atoms with van der Waals surface area (Å²) >= 11 is 0. The number of carbonyl (C=O) groups excluding carboxylic acids is 1. The van der Waals surface area contributed by atoms with Gasteiger partial charge in [0.05, 0.1) is 5.69 Å². The van der Waals surface area contributed by atoms with Crippen molar-refractivity contribution < 1.29 is 13.6 Å². The Kier molecular flexibility index (Phi) is 3.77. The fourth-order valence-corrected chi connectivity index (χ4v) is 5.52. The van der Waals surface area contributed by atoms with E-state index >= 15 is 0 Å². The first-order chi connectivity index (χ1) is 14.8. The highest BCUT2D eigenvalue weighted by Crippen LogP contribution is 2.70. The average molecular weight is 425 g/mol. The molecule has 8 heteroatoms. The zero-order valence-corrected chi connectivity index (χ0v) is 17.6. The van der Waals surface area contributed by atoms with Crippen LogP contribution < -0.4 is 5.32 Å². The Labute approximate surface area is 178 Å². The van der Waals surface area contributed by atoms with Gasteiger partial charge in [0, 0.05) is 71.2 Å². The Bertz CT molecular complexity index is 1210. The van der Waals surface area contributed by atoms with Crippen molar-refractivity contribution in [1.82, 2.24) is 25.4 Å². The van der Waals surface area contributed by atoms with Crippen molar-refractivity contribution in [2.45, 2.75) is 38.7 Å². The summed E-state index contributed by atoms with van der Waals surface area (Å²) in [5.74, 6) is -3.20. The van der Waals surface area contributed by atoms with Gasteiger partial charge in [-0.2, -0.15) is 5.10 Å². The van der Waals surface area contributed by atoms with Crippen molar-refractivity contribution in [2.24, 2.45) is 11.3 Å². The number of alkyl halides is 2. The van der Waals surface area contributed by atoms with Crippen LogP contribution in [0.4, 0.5) is 8.78 Å². The first-order valence-electron chi connectivity index (χ1n) is 10.9. The molecule has 3 heterocycles. The van der Waals surface area contributed by atoms with Crippen molar-refractivity contribution in [2.75, 3.05) is 19.6 Å². The van der Waals surface area contributed by atoms with Crippen LogP contribution in [0.5, 0.6) is 0 Å². The van der Waals surface area contributed by atoms with Crippen molar-refractivity contribution in [3.05, 3.63) is 41.1 Å². The summed E-state index contributed by atoms with van der Waals surface area (Å²) in [6, 6.07) is 7.92. The molecule has 6 rings (SSSR count). The number of H-pyrrole nitrogens is 2. The van der Waals surface area contributed by atoms with Gasteiger partial charge in [0.15, 0.2) is 0 Å². The number of aromatic amines is 2. The second-order valence-electron chi connectivity index (χ2n) is 9.59. The maximum atomic E-state index is 14.2. The molecule has 1 saturated heterocycles. The predicted molar refractivity (Wildman–Crippen MR) is 113 cm³/mol. The number of carbonyl (C=O) groups is 1. The second-order valence-corrected chi connectivity index (χ2v) is 9.59. The molecule has 2 fully saturated rings. The Morgan fingerprint density at radius 1 is 1.29 bits per heavy atom. The predicted octanol–water partition coefficient (Wildman–Crippen LogP) is 3.36. The number of hydrogen-bond acceptors (Lipinski definition) is 3. The largest absolute Gasteiger partial charge is 0.353 e. The molecular weight excluding hydrogens is 400 g/mol. The maximum Gasteiger partial charge on any atom is 0.258 e. The molecule has 2 aromatic heterocycles. The van der Waals surface area contributed by atoms with E-state index in [2.05, 4.69) is 27.4 Å². The zero-order valence-electron chi connectivity index (χ0n) is 17.6. The lowest BCUT2D eigenvalue weighted by Crippen LogP contribution is -2.51. The van der Waals surface area contributed by atoms with E-state index in [-0.39, 0.29) is 11.9 Å². The number of nitrogens with zero attached hydrogens (tertiary/aromatic N) is 2. The van der Waals surface area contributed by atoms with E-state index in [9.17, 15) is 13.6 Å². The lowest BCUT2D eigenvalue weighted by Gasteiger charge is -2.32. The van der Waals surface area contributed by atoms with Crippen LogP contribution in [0.25, 0.3) is 22.3 Å². The van der Waals surface area contributed by atoms with E-state index < -0.39 is 17.3 Å². The zero-order chi connectivity index (χ0) is 21.5. The SMILES string of the molecule is C[C@H]1CN(C(=O)c2ccc3cc(-c4n[nH]c5c4C[C@@H]4C(F)(F)[C@]4(C)C5)[nH]c3c2)CCN1. The van der Waals surface area contributed by atoms with E-state index in [1.165, 1.54) is 0 Å². The standard InChI is InChI=1S/C23H25F2N5O/c1-12-11-30(6-5-26-12)21(31)14-4-3-13-7-17(27-16(13)8-14)20-15-9-19-22(2,23(19,24)25)10-18(15)28-29-20/h3-4,7-8,12,19,26-27H,5-6,9-11H2,1-2H3,(H,28,29)/t12-,19-,22+/m0/s1. The summed E-state index contributed by atoms with van der Waals surface area (Å²) in [7, 11) is 0. The minimum Gasteiger partial charge on any atom is -0.353 e. The number of piperazine rings is 1. The highest BCUT2D eigenvalue weighted by Gasteiger charge is 2.78. The van der Waals surface area contributed by atoms with E-state index in [1.807, 2.05) is 29.2 Å². The summed E-state index contributed by atoms with van der Waals surface area (Å²) in [6.45, 7) is 5.93. The van der Waals surface area contributed by atoms with Crippen LogP contribution in [0.1, 0.15) is 35.5 Å². The summed E-state index contributed by atoms with van der Waals surface area (Å²) < 4.78 is 28.5. The van der Waals surface area contributed by atoms with Gasteiger partial charge in [0.1, 0.15) is 5.69 Å². The fourth-order valence-electron chi connectivity index (χ4n) is 5.52. The van der Waals surface area contributed by atoms with E-state index in [0.29, 0.717) is 37.2 Å². The first kappa shape index (κ1) is 19.0. The summed E-state index contributed by atoms with van der Waals surface area (Å²) in [4.78, 5) is 18.2. The normalized spacial score (nSPS) is 29.0. The number of fused-ring (bicyclic) bond motifs is 3. The van der Waals surface area contributed by atoms with Gasteiger partial charge in [0.2, 0.25) is 0 Å². The molecule has 3 aliphatic rings. The molecule has 3 N–H and O–H groups in total. The number of nitrogens with one attached hydrogen (secondary N) is 3. The van der Waals surface area contributed by atoms with Crippen LogP contribution in [0.3, 0.4) is 0 Å². The number of amides is 1. The topological polar surface area (TPSA) is 76.8 Å². The van der Waals surface area contributed by atoms with Gasteiger partial charge >= 0.3 is 0 Å². The Balaban J connectivity index is 1.31. The van der Waals surface area contributed by atoms with Crippen molar-refractivity contribution in [1.29, 1.82) is 0 Å². The van der Waals surface area contributed by atoms with Crippen LogP contribution in [0.2, 0.25) is 0 Å². The van der Waals surface area contributed by atoms with E-state index in [1.54, 1.807) is 6.92 Å². The van der Waals surface area contributed by atoms with Gasteiger partial charge in [-0.15, -0.1) is 0 Å². The molecule has 0 radical (unpaired) electrons. The number of hydrogen-bond donors (Lipinski definition) is 3. The van der Waals surface area contributed by atoms with Gasteiger partial charge in [-0.1, -0.05) is 13.0 Å². The van der Waals surface area contributed by atoms with E-state index in [0.717, 1.165) is 34.4 Å². The molecule has 3 atom stereocenters. The van der Waals surface area contributed by atoms with Crippen molar-refractivity contribution in [3.8, 4) is 11.4 Å². The van der Waals surface area contributed by atoms with Gasteiger partial charge in [-0.25, -0.2) is 8.78 Å². The molecule has 1 amide bonds. The van der Waals surface area contributed by atoms with Crippen LogP contribution >= 0.6 is 0 Å². The molecule has 31 heavy (non-hydrogen) atoms. The molecule has 2 aliphatic carbocycles.